The highest BCUT2D eigenvalue weighted by Crippen LogP contribution is 2.10. The molecule has 0 heterocycles. The molecule has 0 unspecified atom stereocenters. The fourth-order valence-corrected chi connectivity index (χ4v) is 2.04. The smallest absolute Gasteiger partial charge is 0.326 e. The standard InChI is InChI=1S/C15H19BrN2O4/c1-2-3-4-12(15(21)22)18-13(19)9-17-14(20)10-5-7-11(16)8-6-10/h5-8,12H,2-4,9H2,1H3,(H,17,20)(H,18,19)(H,21,22)/t12-/m0/s1. The van der Waals surface area contributed by atoms with Gasteiger partial charge < -0.3 is 15.7 Å². The minimum absolute atomic E-state index is 0.259. The maximum atomic E-state index is 11.8. The summed E-state index contributed by atoms with van der Waals surface area (Å²) in [5.41, 5.74) is 0.428. The van der Waals surface area contributed by atoms with Crippen molar-refractivity contribution < 1.29 is 19.5 Å². The zero-order valence-corrected chi connectivity index (χ0v) is 13.9. The van der Waals surface area contributed by atoms with E-state index in [2.05, 4.69) is 26.6 Å². The quantitative estimate of drug-likeness (QED) is 0.651. The van der Waals surface area contributed by atoms with Crippen LogP contribution < -0.4 is 10.6 Å². The van der Waals surface area contributed by atoms with E-state index in [1.54, 1.807) is 24.3 Å². The summed E-state index contributed by atoms with van der Waals surface area (Å²) in [6.07, 6.45) is 1.93. The highest BCUT2D eigenvalue weighted by molar-refractivity contribution is 9.10. The Morgan fingerprint density at radius 2 is 1.86 bits per heavy atom. The van der Waals surface area contributed by atoms with Gasteiger partial charge in [-0.2, -0.15) is 0 Å². The Hall–Kier alpha value is -1.89. The van der Waals surface area contributed by atoms with Crippen LogP contribution in [0.3, 0.4) is 0 Å². The largest absolute Gasteiger partial charge is 0.480 e. The van der Waals surface area contributed by atoms with E-state index < -0.39 is 17.9 Å². The number of hydrogen-bond donors (Lipinski definition) is 3. The van der Waals surface area contributed by atoms with Crippen LogP contribution in [0, 0.1) is 0 Å². The number of rotatable bonds is 8. The highest BCUT2D eigenvalue weighted by atomic mass is 79.9. The van der Waals surface area contributed by atoms with Crippen LogP contribution in [0.15, 0.2) is 28.7 Å². The van der Waals surface area contributed by atoms with Gasteiger partial charge in [0.05, 0.1) is 6.54 Å². The second-order valence-corrected chi connectivity index (χ2v) is 5.71. The summed E-state index contributed by atoms with van der Waals surface area (Å²) < 4.78 is 0.849. The van der Waals surface area contributed by atoms with E-state index in [0.29, 0.717) is 18.4 Å². The number of amides is 2. The van der Waals surface area contributed by atoms with Gasteiger partial charge in [0, 0.05) is 10.0 Å². The summed E-state index contributed by atoms with van der Waals surface area (Å²) in [6, 6.07) is 5.77. The van der Waals surface area contributed by atoms with Crippen LogP contribution in [0.25, 0.3) is 0 Å². The van der Waals surface area contributed by atoms with E-state index in [1.807, 2.05) is 6.92 Å². The van der Waals surface area contributed by atoms with E-state index in [4.69, 9.17) is 5.11 Å². The van der Waals surface area contributed by atoms with Crippen molar-refractivity contribution in [3.63, 3.8) is 0 Å². The summed E-state index contributed by atoms with van der Waals surface area (Å²) in [6.45, 7) is 1.68. The number of carboxylic acid groups (broad SMARTS) is 1. The molecule has 0 aromatic heterocycles. The summed E-state index contributed by atoms with van der Waals surface area (Å²) in [4.78, 5) is 34.6. The van der Waals surface area contributed by atoms with Crippen LogP contribution in [0.4, 0.5) is 0 Å². The van der Waals surface area contributed by atoms with E-state index in [0.717, 1.165) is 10.9 Å². The van der Waals surface area contributed by atoms with Crippen molar-refractivity contribution in [3.05, 3.63) is 34.3 Å². The van der Waals surface area contributed by atoms with Gasteiger partial charge in [-0.15, -0.1) is 0 Å². The zero-order chi connectivity index (χ0) is 16.5. The van der Waals surface area contributed by atoms with Crippen molar-refractivity contribution in [3.8, 4) is 0 Å². The summed E-state index contributed by atoms with van der Waals surface area (Å²) in [5, 5.41) is 13.9. The summed E-state index contributed by atoms with van der Waals surface area (Å²) in [5.74, 6) is -1.97. The Morgan fingerprint density at radius 1 is 1.23 bits per heavy atom. The van der Waals surface area contributed by atoms with Gasteiger partial charge in [0.15, 0.2) is 0 Å². The Bertz CT molecular complexity index is 531. The van der Waals surface area contributed by atoms with Crippen molar-refractivity contribution in [1.29, 1.82) is 0 Å². The summed E-state index contributed by atoms with van der Waals surface area (Å²) >= 11 is 3.27. The molecule has 1 atom stereocenters. The lowest BCUT2D eigenvalue weighted by atomic mass is 10.1. The molecule has 0 saturated heterocycles. The number of nitrogens with one attached hydrogen (secondary N) is 2. The fourth-order valence-electron chi connectivity index (χ4n) is 1.77. The average Bonchev–Trinajstić information content (AvgIpc) is 2.49. The van der Waals surface area contributed by atoms with Gasteiger partial charge in [-0.05, 0) is 30.7 Å². The normalized spacial score (nSPS) is 11.5. The molecule has 0 aliphatic heterocycles. The lowest BCUT2D eigenvalue weighted by Gasteiger charge is -2.14. The minimum Gasteiger partial charge on any atom is -0.480 e. The maximum absolute atomic E-state index is 11.8. The SMILES string of the molecule is CCCC[C@H](NC(=O)CNC(=O)c1ccc(Br)cc1)C(=O)O. The maximum Gasteiger partial charge on any atom is 0.326 e. The predicted molar refractivity (Wildman–Crippen MR) is 85.6 cm³/mol. The van der Waals surface area contributed by atoms with Gasteiger partial charge in [-0.3, -0.25) is 9.59 Å². The van der Waals surface area contributed by atoms with Gasteiger partial charge in [0.2, 0.25) is 5.91 Å². The van der Waals surface area contributed by atoms with Gasteiger partial charge in [-0.1, -0.05) is 35.7 Å². The molecule has 0 radical (unpaired) electrons. The lowest BCUT2D eigenvalue weighted by Crippen LogP contribution is -2.45. The third-order valence-corrected chi connectivity index (χ3v) is 3.52. The zero-order valence-electron chi connectivity index (χ0n) is 12.3. The molecule has 22 heavy (non-hydrogen) atoms. The minimum atomic E-state index is -1.07. The number of aliphatic carboxylic acids is 1. The molecule has 7 heteroatoms. The molecule has 1 aromatic carbocycles. The Labute approximate surface area is 137 Å². The van der Waals surface area contributed by atoms with Gasteiger partial charge in [0.25, 0.3) is 5.91 Å². The molecule has 0 saturated carbocycles. The van der Waals surface area contributed by atoms with Crippen LogP contribution in [0.1, 0.15) is 36.5 Å². The third kappa shape index (κ3) is 6.26. The number of carbonyl (C=O) groups excluding carboxylic acids is 2. The fraction of sp³-hybridized carbons (Fsp3) is 0.400. The van der Waals surface area contributed by atoms with Crippen molar-refractivity contribution >= 4 is 33.7 Å². The van der Waals surface area contributed by atoms with E-state index in [1.165, 1.54) is 0 Å². The molecule has 6 nitrogen and oxygen atoms in total. The first-order valence-corrected chi connectivity index (χ1v) is 7.79. The molecule has 0 fully saturated rings. The number of unbranched alkanes of at least 4 members (excludes halogenated alkanes) is 1. The molecular weight excluding hydrogens is 352 g/mol. The number of benzene rings is 1. The van der Waals surface area contributed by atoms with Crippen molar-refractivity contribution in [2.45, 2.75) is 32.2 Å². The Kier molecular flexibility index (Phi) is 7.59. The van der Waals surface area contributed by atoms with Crippen LogP contribution in [-0.4, -0.2) is 35.5 Å². The van der Waals surface area contributed by atoms with E-state index in [9.17, 15) is 14.4 Å². The van der Waals surface area contributed by atoms with Crippen LogP contribution >= 0.6 is 15.9 Å². The first-order chi connectivity index (χ1) is 10.4. The van der Waals surface area contributed by atoms with Gasteiger partial charge >= 0.3 is 5.97 Å². The second-order valence-electron chi connectivity index (χ2n) is 4.79. The monoisotopic (exact) mass is 370 g/mol. The lowest BCUT2D eigenvalue weighted by molar-refractivity contribution is -0.141. The van der Waals surface area contributed by atoms with Crippen molar-refractivity contribution in [1.82, 2.24) is 10.6 Å². The molecule has 0 spiro atoms. The Balaban J connectivity index is 2.45. The third-order valence-electron chi connectivity index (χ3n) is 3.00. The number of carbonyl (C=O) groups is 3. The number of carboxylic acids is 1. The number of hydrogen-bond acceptors (Lipinski definition) is 3. The topological polar surface area (TPSA) is 95.5 Å². The molecule has 0 aliphatic rings. The van der Waals surface area contributed by atoms with Crippen molar-refractivity contribution in [2.75, 3.05) is 6.54 Å². The second kappa shape index (κ2) is 9.19. The summed E-state index contributed by atoms with van der Waals surface area (Å²) in [7, 11) is 0. The molecule has 1 rings (SSSR count). The first kappa shape index (κ1) is 18.2. The van der Waals surface area contributed by atoms with Gasteiger partial charge in [-0.25, -0.2) is 4.79 Å². The average molecular weight is 371 g/mol. The first-order valence-electron chi connectivity index (χ1n) is 7.00. The predicted octanol–water partition coefficient (Wildman–Crippen LogP) is 1.94. The number of halogens is 1. The van der Waals surface area contributed by atoms with Crippen molar-refractivity contribution in [2.24, 2.45) is 0 Å². The highest BCUT2D eigenvalue weighted by Gasteiger charge is 2.19. The molecule has 0 bridgehead atoms. The molecule has 0 aliphatic carbocycles. The molecule has 3 N–H and O–H groups in total. The molecule has 2 amide bonds. The van der Waals surface area contributed by atoms with Gasteiger partial charge in [0.1, 0.15) is 6.04 Å². The van der Waals surface area contributed by atoms with Crippen LogP contribution in [0.2, 0.25) is 0 Å². The van der Waals surface area contributed by atoms with E-state index in [-0.39, 0.29) is 12.5 Å². The van der Waals surface area contributed by atoms with Crippen LogP contribution in [0.5, 0.6) is 0 Å². The molecule has 120 valence electrons. The van der Waals surface area contributed by atoms with Crippen LogP contribution in [-0.2, 0) is 9.59 Å². The molecular formula is C15H19BrN2O4. The Morgan fingerprint density at radius 3 is 2.41 bits per heavy atom. The van der Waals surface area contributed by atoms with E-state index >= 15 is 0 Å². The molecule has 1 aromatic rings.